The Balaban J connectivity index is 1.56. The number of amides is 1. The lowest BCUT2D eigenvalue weighted by molar-refractivity contribution is 0.0735. The molecule has 0 radical (unpaired) electrons. The largest absolute Gasteiger partial charge is 0.497 e. The lowest BCUT2D eigenvalue weighted by atomic mass is 10.0. The maximum atomic E-state index is 13.2. The summed E-state index contributed by atoms with van der Waals surface area (Å²) in [7, 11) is 1.67. The second-order valence-corrected chi connectivity index (χ2v) is 6.84. The molecule has 1 amide bonds. The van der Waals surface area contributed by atoms with Crippen LogP contribution < -0.4 is 4.74 Å². The van der Waals surface area contributed by atoms with E-state index in [1.54, 1.807) is 13.3 Å². The summed E-state index contributed by atoms with van der Waals surface area (Å²) in [5, 5.41) is 4.24. The third-order valence-electron chi connectivity index (χ3n) is 5.07. The van der Waals surface area contributed by atoms with Crippen LogP contribution in [0.5, 0.6) is 5.75 Å². The molecule has 1 atom stereocenters. The summed E-state index contributed by atoms with van der Waals surface area (Å²) in [5.74, 6) is 0.913. The van der Waals surface area contributed by atoms with Gasteiger partial charge >= 0.3 is 0 Å². The van der Waals surface area contributed by atoms with Crippen LogP contribution in [-0.2, 0) is 6.54 Å². The number of carbonyl (C=O) groups is 1. The molecule has 138 valence electrons. The summed E-state index contributed by atoms with van der Waals surface area (Å²) >= 11 is 0. The van der Waals surface area contributed by atoms with Crippen molar-refractivity contribution in [2.24, 2.45) is 0 Å². The van der Waals surface area contributed by atoms with E-state index in [2.05, 4.69) is 11.2 Å². The Bertz CT molecular complexity index is 921. The standard InChI is InChI=1S/C22H23N3O2/c1-27-20-9-3-7-18(15-20)21-10-4-13-25(21)22(26)19-8-2-6-17(14-19)16-24-12-5-11-23-24/h2-3,5-9,11-12,14-15,21H,4,10,13,16H2,1H3/t21-/m0/s1. The highest BCUT2D eigenvalue weighted by Crippen LogP contribution is 2.34. The number of methoxy groups -OCH3 is 1. The number of benzene rings is 2. The normalized spacial score (nSPS) is 16.5. The molecule has 0 unspecified atom stereocenters. The van der Waals surface area contributed by atoms with Crippen LogP contribution in [-0.4, -0.2) is 34.2 Å². The van der Waals surface area contributed by atoms with Crippen LogP contribution in [0.15, 0.2) is 67.0 Å². The van der Waals surface area contributed by atoms with Crippen molar-refractivity contribution in [3.8, 4) is 5.75 Å². The van der Waals surface area contributed by atoms with E-state index in [0.29, 0.717) is 6.54 Å². The quantitative estimate of drug-likeness (QED) is 0.692. The molecule has 5 nitrogen and oxygen atoms in total. The maximum absolute atomic E-state index is 13.2. The molecule has 4 rings (SSSR count). The summed E-state index contributed by atoms with van der Waals surface area (Å²) in [6, 6.07) is 17.9. The number of hydrogen-bond donors (Lipinski definition) is 0. The van der Waals surface area contributed by atoms with E-state index < -0.39 is 0 Å². The van der Waals surface area contributed by atoms with Crippen molar-refractivity contribution in [2.75, 3.05) is 13.7 Å². The van der Waals surface area contributed by atoms with Gasteiger partial charge in [-0.25, -0.2) is 0 Å². The number of ether oxygens (including phenoxy) is 1. The number of rotatable bonds is 5. The van der Waals surface area contributed by atoms with Crippen molar-refractivity contribution >= 4 is 5.91 Å². The fraction of sp³-hybridized carbons (Fsp3) is 0.273. The zero-order valence-corrected chi connectivity index (χ0v) is 15.4. The van der Waals surface area contributed by atoms with Gasteiger partial charge in [0.05, 0.1) is 19.7 Å². The minimum Gasteiger partial charge on any atom is -0.497 e. The molecule has 0 bridgehead atoms. The van der Waals surface area contributed by atoms with Gasteiger partial charge in [-0.1, -0.05) is 24.3 Å². The third-order valence-corrected chi connectivity index (χ3v) is 5.07. The van der Waals surface area contributed by atoms with Gasteiger partial charge in [-0.05, 0) is 54.3 Å². The predicted octanol–water partition coefficient (Wildman–Crippen LogP) is 3.92. The highest BCUT2D eigenvalue weighted by atomic mass is 16.5. The fourth-order valence-corrected chi connectivity index (χ4v) is 3.75. The Morgan fingerprint density at radius 3 is 2.89 bits per heavy atom. The third kappa shape index (κ3) is 3.72. The molecule has 2 heterocycles. The minimum atomic E-state index is 0.0858. The highest BCUT2D eigenvalue weighted by molar-refractivity contribution is 5.94. The van der Waals surface area contributed by atoms with Crippen molar-refractivity contribution in [3.05, 3.63) is 83.7 Å². The van der Waals surface area contributed by atoms with Crippen LogP contribution in [0.3, 0.4) is 0 Å². The first-order valence-corrected chi connectivity index (χ1v) is 9.26. The number of carbonyl (C=O) groups excluding carboxylic acids is 1. The Labute approximate surface area is 159 Å². The average molecular weight is 361 g/mol. The van der Waals surface area contributed by atoms with Gasteiger partial charge in [0.1, 0.15) is 5.75 Å². The first-order valence-electron chi connectivity index (χ1n) is 9.26. The molecule has 0 aliphatic carbocycles. The van der Waals surface area contributed by atoms with E-state index in [9.17, 15) is 4.79 Å². The molecule has 1 saturated heterocycles. The number of aromatic nitrogens is 2. The molecular weight excluding hydrogens is 338 g/mol. The molecule has 1 aromatic heterocycles. The Morgan fingerprint density at radius 2 is 2.07 bits per heavy atom. The molecule has 3 aromatic rings. The first kappa shape index (κ1) is 17.3. The van der Waals surface area contributed by atoms with E-state index in [1.165, 1.54) is 0 Å². The molecule has 1 fully saturated rings. The van der Waals surface area contributed by atoms with Crippen LogP contribution in [0.4, 0.5) is 0 Å². The van der Waals surface area contributed by atoms with Gasteiger partial charge in [-0.2, -0.15) is 5.10 Å². The SMILES string of the molecule is COc1cccc([C@@H]2CCCN2C(=O)c2cccc(Cn3cccn3)c2)c1. The molecular formula is C22H23N3O2. The van der Waals surface area contributed by atoms with E-state index in [-0.39, 0.29) is 11.9 Å². The van der Waals surface area contributed by atoms with Crippen LogP contribution in [0.25, 0.3) is 0 Å². The summed E-state index contributed by atoms with van der Waals surface area (Å²) in [6.07, 6.45) is 5.68. The highest BCUT2D eigenvalue weighted by Gasteiger charge is 2.30. The van der Waals surface area contributed by atoms with Crippen LogP contribution in [0, 0.1) is 0 Å². The van der Waals surface area contributed by atoms with Crippen molar-refractivity contribution in [2.45, 2.75) is 25.4 Å². The number of hydrogen-bond acceptors (Lipinski definition) is 3. The molecule has 0 N–H and O–H groups in total. The zero-order chi connectivity index (χ0) is 18.6. The lowest BCUT2D eigenvalue weighted by Gasteiger charge is -2.25. The smallest absolute Gasteiger partial charge is 0.254 e. The summed E-state index contributed by atoms with van der Waals surface area (Å²) in [4.78, 5) is 15.2. The van der Waals surface area contributed by atoms with Crippen LogP contribution >= 0.6 is 0 Å². The van der Waals surface area contributed by atoms with Crippen LogP contribution in [0.2, 0.25) is 0 Å². The van der Waals surface area contributed by atoms with Crippen molar-refractivity contribution in [3.63, 3.8) is 0 Å². The molecule has 0 spiro atoms. The predicted molar refractivity (Wildman–Crippen MR) is 104 cm³/mol. The fourth-order valence-electron chi connectivity index (χ4n) is 3.75. The lowest BCUT2D eigenvalue weighted by Crippen LogP contribution is -2.30. The summed E-state index contributed by atoms with van der Waals surface area (Å²) < 4.78 is 7.21. The van der Waals surface area contributed by atoms with Crippen molar-refractivity contribution < 1.29 is 9.53 Å². The zero-order valence-electron chi connectivity index (χ0n) is 15.4. The van der Waals surface area contributed by atoms with Gasteiger partial charge in [0.2, 0.25) is 0 Å². The molecule has 5 heteroatoms. The Morgan fingerprint density at radius 1 is 1.19 bits per heavy atom. The average Bonchev–Trinajstić information content (AvgIpc) is 3.39. The Kier molecular flexibility index (Phi) is 4.92. The summed E-state index contributed by atoms with van der Waals surface area (Å²) in [5.41, 5.74) is 2.93. The number of nitrogens with zero attached hydrogens (tertiary/aromatic N) is 3. The molecule has 0 saturated carbocycles. The van der Waals surface area contributed by atoms with E-state index in [1.807, 2.05) is 64.3 Å². The minimum absolute atomic E-state index is 0.0858. The molecule has 1 aliphatic rings. The van der Waals surface area contributed by atoms with Gasteiger partial charge in [0.15, 0.2) is 0 Å². The second kappa shape index (κ2) is 7.66. The Hall–Kier alpha value is -3.08. The van der Waals surface area contributed by atoms with Gasteiger partial charge < -0.3 is 9.64 Å². The maximum Gasteiger partial charge on any atom is 0.254 e. The molecule has 27 heavy (non-hydrogen) atoms. The van der Waals surface area contributed by atoms with Gasteiger partial charge in [0, 0.05) is 24.5 Å². The van der Waals surface area contributed by atoms with Gasteiger partial charge in [0.25, 0.3) is 5.91 Å². The van der Waals surface area contributed by atoms with E-state index in [4.69, 9.17) is 4.74 Å². The topological polar surface area (TPSA) is 47.4 Å². The number of likely N-dealkylation sites (tertiary alicyclic amines) is 1. The second-order valence-electron chi connectivity index (χ2n) is 6.84. The monoisotopic (exact) mass is 361 g/mol. The van der Waals surface area contributed by atoms with Crippen molar-refractivity contribution in [1.29, 1.82) is 0 Å². The van der Waals surface area contributed by atoms with Crippen LogP contribution in [0.1, 0.15) is 40.4 Å². The van der Waals surface area contributed by atoms with E-state index in [0.717, 1.165) is 41.8 Å². The van der Waals surface area contributed by atoms with Gasteiger partial charge in [-0.15, -0.1) is 0 Å². The molecule has 1 aliphatic heterocycles. The van der Waals surface area contributed by atoms with E-state index >= 15 is 0 Å². The van der Waals surface area contributed by atoms with Crippen molar-refractivity contribution in [1.82, 2.24) is 14.7 Å². The van der Waals surface area contributed by atoms with Gasteiger partial charge in [-0.3, -0.25) is 9.48 Å². The summed E-state index contributed by atoms with van der Waals surface area (Å²) in [6.45, 7) is 1.44. The first-order chi connectivity index (χ1) is 13.2. The molecule has 2 aromatic carbocycles.